The van der Waals surface area contributed by atoms with Crippen molar-refractivity contribution >= 4 is 27.6 Å². The second-order valence-corrected chi connectivity index (χ2v) is 7.07. The summed E-state index contributed by atoms with van der Waals surface area (Å²) < 4.78 is 37.4. The molecule has 2 heterocycles. The number of anilines is 1. The van der Waals surface area contributed by atoms with E-state index in [0.717, 1.165) is 11.8 Å². The molecule has 24 heavy (non-hydrogen) atoms. The van der Waals surface area contributed by atoms with Crippen LogP contribution in [0.25, 0.3) is 0 Å². The van der Waals surface area contributed by atoms with Gasteiger partial charge in [0.15, 0.2) is 16.7 Å². The molecule has 0 bridgehead atoms. The third kappa shape index (κ3) is 4.27. The number of hydrogen-bond donors (Lipinski definition) is 1. The van der Waals surface area contributed by atoms with E-state index in [4.69, 9.17) is 14.7 Å². The highest BCUT2D eigenvalue weighted by atomic mass is 32.2. The number of sulfonamides is 1. The number of methoxy groups -OCH3 is 2. The zero-order valence-electron chi connectivity index (χ0n) is 13.0. The van der Waals surface area contributed by atoms with Crippen molar-refractivity contribution in [1.29, 1.82) is 5.26 Å². The Morgan fingerprint density at radius 1 is 1.33 bits per heavy atom. The molecule has 0 fully saturated rings. The average Bonchev–Trinajstić information content (AvgIpc) is 2.87. The summed E-state index contributed by atoms with van der Waals surface area (Å²) in [6.07, 6.45) is 1.46. The third-order valence-corrected chi connectivity index (χ3v) is 4.59. The van der Waals surface area contributed by atoms with Crippen LogP contribution in [0.3, 0.4) is 0 Å². The third-order valence-electron chi connectivity index (χ3n) is 2.69. The summed E-state index contributed by atoms with van der Waals surface area (Å²) in [5.41, 5.74) is 0. The van der Waals surface area contributed by atoms with Crippen LogP contribution in [0, 0.1) is 11.3 Å². The molecule has 0 saturated heterocycles. The standard InChI is InChI=1S/C12H14N6O4S2/c1-18-11(17-24(19,20)5-4-13)8(7-14-18)23-12-15-9(21-2)6-10(16-12)22-3/h6-7,17H,5H2,1-3H3. The first-order chi connectivity index (χ1) is 11.4. The van der Waals surface area contributed by atoms with Gasteiger partial charge in [0.2, 0.25) is 21.8 Å². The maximum absolute atomic E-state index is 11.8. The van der Waals surface area contributed by atoms with E-state index in [9.17, 15) is 8.42 Å². The molecule has 0 aliphatic rings. The summed E-state index contributed by atoms with van der Waals surface area (Å²) in [5, 5.41) is 12.9. The van der Waals surface area contributed by atoms with Crippen LogP contribution in [0.2, 0.25) is 0 Å². The predicted molar refractivity (Wildman–Crippen MR) is 85.5 cm³/mol. The van der Waals surface area contributed by atoms with Gasteiger partial charge in [0, 0.05) is 7.05 Å². The molecular weight excluding hydrogens is 356 g/mol. The van der Waals surface area contributed by atoms with Crippen molar-refractivity contribution < 1.29 is 17.9 Å². The summed E-state index contributed by atoms with van der Waals surface area (Å²) in [6.45, 7) is 0. The zero-order chi connectivity index (χ0) is 17.7. The molecule has 2 rings (SSSR count). The van der Waals surface area contributed by atoms with Crippen LogP contribution in [-0.2, 0) is 17.1 Å². The predicted octanol–water partition coefficient (Wildman–Crippen LogP) is 0.644. The van der Waals surface area contributed by atoms with E-state index >= 15 is 0 Å². The first kappa shape index (κ1) is 17.8. The Bertz CT molecular complexity index is 852. The number of rotatable bonds is 7. The Labute approximate surface area is 142 Å². The van der Waals surface area contributed by atoms with E-state index < -0.39 is 15.8 Å². The van der Waals surface area contributed by atoms with Crippen molar-refractivity contribution in [3.8, 4) is 17.8 Å². The number of aromatic nitrogens is 4. The molecule has 0 aliphatic carbocycles. The molecule has 0 aliphatic heterocycles. The van der Waals surface area contributed by atoms with E-state index in [0.29, 0.717) is 21.8 Å². The largest absolute Gasteiger partial charge is 0.481 e. The maximum atomic E-state index is 11.8. The average molecular weight is 370 g/mol. The van der Waals surface area contributed by atoms with Gasteiger partial charge in [0.1, 0.15) is 0 Å². The highest BCUT2D eigenvalue weighted by Gasteiger charge is 2.18. The Kier molecular flexibility index (Phi) is 5.47. The van der Waals surface area contributed by atoms with E-state index in [1.807, 2.05) is 0 Å². The molecule has 12 heteroatoms. The number of nitrogens with zero attached hydrogens (tertiary/aromatic N) is 5. The number of nitrogens with one attached hydrogen (secondary N) is 1. The minimum absolute atomic E-state index is 0.209. The van der Waals surface area contributed by atoms with Gasteiger partial charge in [-0.1, -0.05) is 0 Å². The Hall–Kier alpha value is -2.52. The van der Waals surface area contributed by atoms with Gasteiger partial charge in [-0.3, -0.25) is 9.40 Å². The van der Waals surface area contributed by atoms with Crippen LogP contribution >= 0.6 is 11.8 Å². The van der Waals surface area contributed by atoms with Gasteiger partial charge >= 0.3 is 0 Å². The van der Waals surface area contributed by atoms with Crippen molar-refractivity contribution in [1.82, 2.24) is 19.7 Å². The smallest absolute Gasteiger partial charge is 0.247 e. The highest BCUT2D eigenvalue weighted by molar-refractivity contribution is 7.99. The molecule has 0 amide bonds. The first-order valence-corrected chi connectivity index (χ1v) is 8.89. The first-order valence-electron chi connectivity index (χ1n) is 6.43. The monoisotopic (exact) mass is 370 g/mol. The van der Waals surface area contributed by atoms with Crippen molar-refractivity contribution in [3.63, 3.8) is 0 Å². The molecule has 0 saturated carbocycles. The lowest BCUT2D eigenvalue weighted by molar-refractivity contribution is 0.364. The number of aryl methyl sites for hydroxylation is 1. The Morgan fingerprint density at radius 3 is 2.50 bits per heavy atom. The van der Waals surface area contributed by atoms with Crippen molar-refractivity contribution in [2.45, 2.75) is 10.1 Å². The molecule has 2 aromatic rings. The van der Waals surface area contributed by atoms with Crippen molar-refractivity contribution in [3.05, 3.63) is 12.3 Å². The highest BCUT2D eigenvalue weighted by Crippen LogP contribution is 2.33. The minimum atomic E-state index is -3.79. The lowest BCUT2D eigenvalue weighted by Gasteiger charge is -2.09. The summed E-state index contributed by atoms with van der Waals surface area (Å²) in [7, 11) is 0.698. The lowest BCUT2D eigenvalue weighted by atomic mass is 10.6. The normalized spacial score (nSPS) is 10.9. The van der Waals surface area contributed by atoms with E-state index in [2.05, 4.69) is 19.8 Å². The molecule has 0 radical (unpaired) electrons. The van der Waals surface area contributed by atoms with Gasteiger partial charge < -0.3 is 9.47 Å². The van der Waals surface area contributed by atoms with Gasteiger partial charge in [-0.05, 0) is 11.8 Å². The Balaban J connectivity index is 2.33. The van der Waals surface area contributed by atoms with E-state index in [1.165, 1.54) is 31.2 Å². The maximum Gasteiger partial charge on any atom is 0.247 e. The van der Waals surface area contributed by atoms with Crippen LogP contribution < -0.4 is 14.2 Å². The molecule has 10 nitrogen and oxygen atoms in total. The second-order valence-electron chi connectivity index (χ2n) is 4.34. The molecule has 2 aromatic heterocycles. The van der Waals surface area contributed by atoms with Gasteiger partial charge in [-0.15, -0.1) is 0 Å². The summed E-state index contributed by atoms with van der Waals surface area (Å²) in [6, 6.07) is 3.11. The Morgan fingerprint density at radius 2 is 1.96 bits per heavy atom. The van der Waals surface area contributed by atoms with E-state index in [1.54, 1.807) is 13.1 Å². The number of hydrogen-bond acceptors (Lipinski definition) is 9. The molecule has 128 valence electrons. The summed E-state index contributed by atoms with van der Waals surface area (Å²) in [5.74, 6) is 0.159. The van der Waals surface area contributed by atoms with Crippen molar-refractivity contribution in [2.75, 3.05) is 24.7 Å². The lowest BCUT2D eigenvalue weighted by Crippen LogP contribution is -2.18. The van der Waals surface area contributed by atoms with Gasteiger partial charge in [-0.2, -0.15) is 20.3 Å². The SMILES string of the molecule is COc1cc(OC)nc(Sc2cnn(C)c2NS(=O)(=O)CC#N)n1. The molecule has 1 N–H and O–H groups in total. The number of ether oxygens (including phenoxy) is 2. The van der Waals surface area contributed by atoms with Crippen LogP contribution in [0.5, 0.6) is 11.8 Å². The van der Waals surface area contributed by atoms with Gasteiger partial charge in [-0.25, -0.2) is 8.42 Å². The van der Waals surface area contributed by atoms with Crippen molar-refractivity contribution in [2.24, 2.45) is 7.05 Å². The fraction of sp³-hybridized carbons (Fsp3) is 0.333. The fourth-order valence-electron chi connectivity index (χ4n) is 1.61. The fourth-order valence-corrected chi connectivity index (χ4v) is 3.30. The topological polar surface area (TPSA) is 132 Å². The van der Waals surface area contributed by atoms with Gasteiger partial charge in [0.25, 0.3) is 0 Å². The summed E-state index contributed by atoms with van der Waals surface area (Å²) in [4.78, 5) is 8.79. The van der Waals surface area contributed by atoms with Crippen LogP contribution in [-0.4, -0.2) is 48.1 Å². The zero-order valence-corrected chi connectivity index (χ0v) is 14.7. The molecule has 0 aromatic carbocycles. The van der Waals surface area contributed by atoms with Crippen LogP contribution in [0.4, 0.5) is 5.82 Å². The number of nitriles is 1. The molecule has 0 unspecified atom stereocenters. The molecule has 0 atom stereocenters. The van der Waals surface area contributed by atoms with E-state index in [-0.39, 0.29) is 5.82 Å². The second kappa shape index (κ2) is 7.37. The summed E-state index contributed by atoms with van der Waals surface area (Å²) >= 11 is 1.08. The minimum Gasteiger partial charge on any atom is -0.481 e. The van der Waals surface area contributed by atoms with Crippen LogP contribution in [0.1, 0.15) is 0 Å². The van der Waals surface area contributed by atoms with Gasteiger partial charge in [0.05, 0.1) is 37.4 Å². The molecule has 0 spiro atoms. The molecular formula is C12H14N6O4S2. The quantitative estimate of drug-likeness (QED) is 0.697. The van der Waals surface area contributed by atoms with Crippen LogP contribution in [0.15, 0.2) is 22.3 Å².